The number of nitrogens with zero attached hydrogens (tertiary/aromatic N) is 5. The van der Waals surface area contributed by atoms with E-state index in [0.717, 1.165) is 49.7 Å². The molecule has 198 valence electrons. The maximum absolute atomic E-state index is 12.7. The second kappa shape index (κ2) is 10.6. The molecule has 3 heterocycles. The topological polar surface area (TPSA) is 74.0 Å². The lowest BCUT2D eigenvalue weighted by atomic mass is 10.2. The number of piperazine rings is 1. The molecule has 0 radical (unpaired) electrons. The Hall–Kier alpha value is -3.30. The summed E-state index contributed by atoms with van der Waals surface area (Å²) < 4.78 is 20.5. The van der Waals surface area contributed by atoms with Gasteiger partial charge in [-0.05, 0) is 75.7 Å². The third-order valence-electron chi connectivity index (χ3n) is 7.18. The highest BCUT2D eigenvalue weighted by molar-refractivity contribution is 5.54. The van der Waals surface area contributed by atoms with Crippen molar-refractivity contribution in [2.45, 2.75) is 52.0 Å². The standard InChI is InChI=1S/C28H37N5O4/c1-5-21(2)33-27(34)32(20-29-33)24-8-6-22(7-9-24)30-14-16-31(17-15-30)23-10-12-25(13-11-23)35-18-26-19-36-28(3,4)37-26/h6-13,20-21,26H,5,14-19H2,1-4H3. The van der Waals surface area contributed by atoms with Crippen molar-refractivity contribution in [3.05, 3.63) is 65.3 Å². The summed E-state index contributed by atoms with van der Waals surface area (Å²) in [5.41, 5.74) is 3.09. The lowest BCUT2D eigenvalue weighted by molar-refractivity contribution is -0.141. The Morgan fingerprint density at radius 3 is 2.08 bits per heavy atom. The SMILES string of the molecule is CCC(C)n1ncn(-c2ccc(N3CCN(c4ccc(OCC5COC(C)(C)O5)cc4)CC3)cc2)c1=O. The first-order chi connectivity index (χ1) is 17.8. The van der Waals surface area contributed by atoms with Gasteiger partial charge in [-0.2, -0.15) is 5.10 Å². The van der Waals surface area contributed by atoms with E-state index in [1.165, 1.54) is 5.69 Å². The zero-order chi connectivity index (χ0) is 26.0. The minimum absolute atomic E-state index is 0.0414. The average Bonchev–Trinajstić information content (AvgIpc) is 3.48. The lowest BCUT2D eigenvalue weighted by Crippen LogP contribution is -2.46. The van der Waals surface area contributed by atoms with E-state index in [-0.39, 0.29) is 17.8 Å². The van der Waals surface area contributed by atoms with E-state index < -0.39 is 5.79 Å². The van der Waals surface area contributed by atoms with Crippen molar-refractivity contribution in [3.8, 4) is 11.4 Å². The Kier molecular flexibility index (Phi) is 7.26. The predicted molar refractivity (Wildman–Crippen MR) is 144 cm³/mol. The zero-order valence-corrected chi connectivity index (χ0v) is 22.2. The third-order valence-corrected chi connectivity index (χ3v) is 7.18. The van der Waals surface area contributed by atoms with Crippen LogP contribution in [0.3, 0.4) is 0 Å². The molecule has 0 aliphatic carbocycles. The van der Waals surface area contributed by atoms with Crippen molar-refractivity contribution in [2.75, 3.05) is 49.2 Å². The summed E-state index contributed by atoms with van der Waals surface area (Å²) in [6.07, 6.45) is 2.43. The number of rotatable bonds is 8. The average molecular weight is 508 g/mol. The largest absolute Gasteiger partial charge is 0.491 e. The summed E-state index contributed by atoms with van der Waals surface area (Å²) in [5.74, 6) is 0.309. The van der Waals surface area contributed by atoms with Gasteiger partial charge in [0.15, 0.2) is 5.79 Å². The van der Waals surface area contributed by atoms with E-state index in [1.54, 1.807) is 15.6 Å². The molecular formula is C28H37N5O4. The molecule has 0 saturated carbocycles. The van der Waals surface area contributed by atoms with Crippen molar-refractivity contribution in [3.63, 3.8) is 0 Å². The molecule has 1 aromatic heterocycles. The van der Waals surface area contributed by atoms with Gasteiger partial charge in [0, 0.05) is 37.6 Å². The molecule has 2 aliphatic heterocycles. The number of hydrogen-bond donors (Lipinski definition) is 0. The van der Waals surface area contributed by atoms with Crippen molar-refractivity contribution < 1.29 is 14.2 Å². The molecule has 2 unspecified atom stereocenters. The molecule has 2 saturated heterocycles. The van der Waals surface area contributed by atoms with E-state index in [0.29, 0.717) is 13.2 Å². The highest BCUT2D eigenvalue weighted by Gasteiger charge is 2.33. The van der Waals surface area contributed by atoms with Crippen LogP contribution in [0, 0.1) is 0 Å². The summed E-state index contributed by atoms with van der Waals surface area (Å²) in [4.78, 5) is 17.5. The van der Waals surface area contributed by atoms with Crippen LogP contribution in [0.25, 0.3) is 5.69 Å². The summed E-state index contributed by atoms with van der Waals surface area (Å²) >= 11 is 0. The van der Waals surface area contributed by atoms with Crippen LogP contribution in [0.5, 0.6) is 5.75 Å². The van der Waals surface area contributed by atoms with Gasteiger partial charge in [-0.3, -0.25) is 0 Å². The molecule has 2 fully saturated rings. The van der Waals surface area contributed by atoms with E-state index in [4.69, 9.17) is 14.2 Å². The molecule has 0 spiro atoms. The number of aromatic nitrogens is 3. The molecule has 9 nitrogen and oxygen atoms in total. The Labute approximate surface area is 218 Å². The van der Waals surface area contributed by atoms with Gasteiger partial charge in [0.2, 0.25) is 0 Å². The fraction of sp³-hybridized carbons (Fsp3) is 0.500. The van der Waals surface area contributed by atoms with Crippen LogP contribution in [-0.2, 0) is 9.47 Å². The first-order valence-corrected chi connectivity index (χ1v) is 13.1. The first kappa shape index (κ1) is 25.4. The Balaban J connectivity index is 1.13. The summed E-state index contributed by atoms with van der Waals surface area (Å²) in [6, 6.07) is 16.5. The van der Waals surface area contributed by atoms with Gasteiger partial charge in [-0.25, -0.2) is 14.0 Å². The molecule has 9 heteroatoms. The van der Waals surface area contributed by atoms with Crippen molar-refractivity contribution in [2.24, 2.45) is 0 Å². The molecule has 2 aliphatic rings. The van der Waals surface area contributed by atoms with Crippen LogP contribution in [0.1, 0.15) is 40.2 Å². The Bertz CT molecular complexity index is 1230. The van der Waals surface area contributed by atoms with Crippen LogP contribution in [-0.4, -0.2) is 65.6 Å². The van der Waals surface area contributed by atoms with Gasteiger partial charge in [-0.1, -0.05) is 6.92 Å². The Morgan fingerprint density at radius 2 is 1.54 bits per heavy atom. The van der Waals surface area contributed by atoms with Crippen LogP contribution >= 0.6 is 0 Å². The maximum atomic E-state index is 12.7. The summed E-state index contributed by atoms with van der Waals surface area (Å²) in [6.45, 7) is 12.7. The highest BCUT2D eigenvalue weighted by Crippen LogP contribution is 2.26. The number of ether oxygens (including phenoxy) is 3. The van der Waals surface area contributed by atoms with Crippen LogP contribution in [0.15, 0.2) is 59.7 Å². The molecule has 3 aromatic rings. The van der Waals surface area contributed by atoms with E-state index in [9.17, 15) is 4.79 Å². The molecule has 0 N–H and O–H groups in total. The Morgan fingerprint density at radius 1 is 0.973 bits per heavy atom. The van der Waals surface area contributed by atoms with Gasteiger partial charge < -0.3 is 24.0 Å². The highest BCUT2D eigenvalue weighted by atomic mass is 16.7. The van der Waals surface area contributed by atoms with Gasteiger partial charge in [0.1, 0.15) is 24.8 Å². The molecule has 2 aromatic carbocycles. The fourth-order valence-electron chi connectivity index (χ4n) is 4.80. The molecule has 0 bridgehead atoms. The third kappa shape index (κ3) is 5.67. The summed E-state index contributed by atoms with van der Waals surface area (Å²) in [7, 11) is 0. The van der Waals surface area contributed by atoms with Crippen LogP contribution in [0.2, 0.25) is 0 Å². The lowest BCUT2D eigenvalue weighted by Gasteiger charge is -2.37. The minimum Gasteiger partial charge on any atom is -0.491 e. The second-order valence-electron chi connectivity index (χ2n) is 10.2. The quantitative estimate of drug-likeness (QED) is 0.458. The van der Waals surface area contributed by atoms with E-state index in [1.807, 2.05) is 45.0 Å². The smallest absolute Gasteiger partial charge is 0.350 e. The van der Waals surface area contributed by atoms with Gasteiger partial charge in [0.05, 0.1) is 18.3 Å². The number of anilines is 2. The molecular weight excluding hydrogens is 470 g/mol. The summed E-state index contributed by atoms with van der Waals surface area (Å²) in [5, 5.41) is 4.28. The molecule has 0 amide bonds. The zero-order valence-electron chi connectivity index (χ0n) is 22.2. The van der Waals surface area contributed by atoms with Gasteiger partial charge in [0.25, 0.3) is 0 Å². The maximum Gasteiger partial charge on any atom is 0.350 e. The monoisotopic (exact) mass is 507 g/mol. The van der Waals surface area contributed by atoms with Crippen LogP contribution < -0.4 is 20.2 Å². The first-order valence-electron chi connectivity index (χ1n) is 13.1. The van der Waals surface area contributed by atoms with Crippen molar-refractivity contribution >= 4 is 11.4 Å². The number of hydrogen-bond acceptors (Lipinski definition) is 7. The number of benzene rings is 2. The van der Waals surface area contributed by atoms with Gasteiger partial charge in [-0.15, -0.1) is 0 Å². The molecule has 2 atom stereocenters. The van der Waals surface area contributed by atoms with E-state index in [2.05, 4.69) is 46.1 Å². The van der Waals surface area contributed by atoms with Crippen LogP contribution in [0.4, 0.5) is 11.4 Å². The fourth-order valence-corrected chi connectivity index (χ4v) is 4.80. The normalized spacial score (nSPS) is 20.3. The second-order valence-corrected chi connectivity index (χ2v) is 10.2. The van der Waals surface area contributed by atoms with Gasteiger partial charge >= 0.3 is 5.69 Å². The predicted octanol–water partition coefficient (Wildman–Crippen LogP) is 3.86. The van der Waals surface area contributed by atoms with Crippen molar-refractivity contribution in [1.82, 2.24) is 14.3 Å². The molecule has 37 heavy (non-hydrogen) atoms. The molecule has 5 rings (SSSR count). The van der Waals surface area contributed by atoms with E-state index >= 15 is 0 Å². The minimum atomic E-state index is -0.529. The van der Waals surface area contributed by atoms with Crippen molar-refractivity contribution in [1.29, 1.82) is 0 Å².